The SMILES string of the molecule is NS(=O)(=O)[C@@H]1CC[C@@H]2CNCC[C@@H]2C1. The van der Waals surface area contributed by atoms with E-state index in [1.54, 1.807) is 0 Å². The lowest BCUT2D eigenvalue weighted by molar-refractivity contribution is 0.187. The quantitative estimate of drug-likeness (QED) is 0.653. The third-order valence-corrected chi connectivity index (χ3v) is 5.01. The van der Waals surface area contributed by atoms with Crippen LogP contribution in [0.5, 0.6) is 0 Å². The maximum atomic E-state index is 11.2. The molecule has 1 saturated carbocycles. The van der Waals surface area contributed by atoms with Crippen LogP contribution >= 0.6 is 0 Å². The summed E-state index contributed by atoms with van der Waals surface area (Å²) in [6.45, 7) is 2.08. The molecule has 0 bridgehead atoms. The van der Waals surface area contributed by atoms with Gasteiger partial charge in [0.15, 0.2) is 0 Å². The molecule has 0 radical (unpaired) electrons. The van der Waals surface area contributed by atoms with Gasteiger partial charge in [-0.1, -0.05) is 0 Å². The van der Waals surface area contributed by atoms with E-state index >= 15 is 0 Å². The zero-order valence-electron chi connectivity index (χ0n) is 8.28. The van der Waals surface area contributed by atoms with Crippen LogP contribution in [0.2, 0.25) is 0 Å². The molecule has 1 saturated heterocycles. The third-order valence-electron chi connectivity index (χ3n) is 3.65. The Kier molecular flexibility index (Phi) is 2.81. The van der Waals surface area contributed by atoms with Crippen molar-refractivity contribution in [2.24, 2.45) is 17.0 Å². The van der Waals surface area contributed by atoms with Gasteiger partial charge in [-0.25, -0.2) is 13.6 Å². The van der Waals surface area contributed by atoms with Crippen molar-refractivity contribution in [3.63, 3.8) is 0 Å². The second kappa shape index (κ2) is 3.79. The predicted octanol–water partition coefficient (Wildman–Crippen LogP) is 0.0531. The maximum absolute atomic E-state index is 11.2. The summed E-state index contributed by atoms with van der Waals surface area (Å²) >= 11 is 0. The smallest absolute Gasteiger partial charge is 0.211 e. The molecule has 2 fully saturated rings. The molecular formula is C9H18N2O2S. The molecule has 2 rings (SSSR count). The second-order valence-corrected chi connectivity index (χ2v) is 6.38. The van der Waals surface area contributed by atoms with Crippen LogP contribution in [0, 0.1) is 11.8 Å². The van der Waals surface area contributed by atoms with Crippen LogP contribution in [-0.4, -0.2) is 26.8 Å². The van der Waals surface area contributed by atoms with Crippen LogP contribution in [0.4, 0.5) is 0 Å². The summed E-state index contributed by atoms with van der Waals surface area (Å²) in [5, 5.41) is 8.27. The standard InChI is InChI=1S/C9H18N2O2S/c10-14(12,13)9-2-1-8-6-11-4-3-7(8)5-9/h7-9,11H,1-6H2,(H2,10,12,13)/t7-,8-,9-/m1/s1. The first-order valence-corrected chi connectivity index (χ1v) is 6.90. The van der Waals surface area contributed by atoms with Crippen molar-refractivity contribution in [2.75, 3.05) is 13.1 Å². The highest BCUT2D eigenvalue weighted by Gasteiger charge is 2.36. The first-order chi connectivity index (χ1) is 6.57. The molecular weight excluding hydrogens is 200 g/mol. The second-order valence-electron chi connectivity index (χ2n) is 4.54. The Labute approximate surface area is 85.3 Å². The number of fused-ring (bicyclic) bond motifs is 1. The van der Waals surface area contributed by atoms with Crippen molar-refractivity contribution in [1.82, 2.24) is 5.32 Å². The van der Waals surface area contributed by atoms with Gasteiger partial charge < -0.3 is 5.32 Å². The van der Waals surface area contributed by atoms with Crippen LogP contribution in [0.15, 0.2) is 0 Å². The average molecular weight is 218 g/mol. The topological polar surface area (TPSA) is 72.2 Å². The lowest BCUT2D eigenvalue weighted by Gasteiger charge is -2.38. The van der Waals surface area contributed by atoms with Gasteiger partial charge in [-0.2, -0.15) is 0 Å². The van der Waals surface area contributed by atoms with Crippen LogP contribution in [0.1, 0.15) is 25.7 Å². The van der Waals surface area contributed by atoms with Crippen LogP contribution in [0.25, 0.3) is 0 Å². The fraction of sp³-hybridized carbons (Fsp3) is 1.00. The molecule has 3 N–H and O–H groups in total. The zero-order chi connectivity index (χ0) is 10.2. The summed E-state index contributed by atoms with van der Waals surface area (Å²) in [5.41, 5.74) is 0. The van der Waals surface area contributed by atoms with Gasteiger partial charge in [-0.15, -0.1) is 0 Å². The van der Waals surface area contributed by atoms with Crippen LogP contribution in [0.3, 0.4) is 0 Å². The number of nitrogens with one attached hydrogen (secondary N) is 1. The Balaban J connectivity index is 2.03. The molecule has 0 unspecified atom stereocenters. The van der Waals surface area contributed by atoms with Crippen LogP contribution in [-0.2, 0) is 10.0 Å². The Morgan fingerprint density at radius 1 is 1.14 bits per heavy atom. The van der Waals surface area contributed by atoms with Crippen molar-refractivity contribution in [1.29, 1.82) is 0 Å². The van der Waals surface area contributed by atoms with E-state index in [2.05, 4.69) is 5.32 Å². The van der Waals surface area contributed by atoms with Gasteiger partial charge in [0.05, 0.1) is 5.25 Å². The summed E-state index contributed by atoms with van der Waals surface area (Å²) in [7, 11) is -3.30. The molecule has 3 atom stereocenters. The largest absolute Gasteiger partial charge is 0.316 e. The van der Waals surface area contributed by atoms with Gasteiger partial charge in [0.1, 0.15) is 0 Å². The van der Waals surface area contributed by atoms with Gasteiger partial charge in [-0.05, 0) is 50.6 Å². The Morgan fingerprint density at radius 2 is 1.93 bits per heavy atom. The van der Waals surface area contributed by atoms with E-state index < -0.39 is 10.0 Å². The molecule has 5 heteroatoms. The van der Waals surface area contributed by atoms with E-state index in [1.165, 1.54) is 0 Å². The number of hydrogen-bond acceptors (Lipinski definition) is 3. The van der Waals surface area contributed by atoms with Gasteiger partial charge in [-0.3, -0.25) is 0 Å². The molecule has 0 spiro atoms. The van der Waals surface area contributed by atoms with E-state index in [1.807, 2.05) is 0 Å². The molecule has 1 heterocycles. The van der Waals surface area contributed by atoms with Crippen molar-refractivity contribution < 1.29 is 8.42 Å². The van der Waals surface area contributed by atoms with E-state index in [0.717, 1.165) is 38.8 Å². The summed E-state index contributed by atoms with van der Waals surface area (Å²) in [4.78, 5) is 0. The fourth-order valence-corrected chi connectivity index (χ4v) is 3.76. The number of nitrogens with two attached hydrogens (primary N) is 1. The first kappa shape index (κ1) is 10.4. The minimum atomic E-state index is -3.30. The first-order valence-electron chi connectivity index (χ1n) is 5.29. The number of rotatable bonds is 1. The summed E-state index contributed by atoms with van der Waals surface area (Å²) in [6, 6.07) is 0. The highest BCUT2D eigenvalue weighted by Crippen LogP contribution is 2.35. The zero-order valence-corrected chi connectivity index (χ0v) is 9.09. The Bertz CT molecular complexity index is 302. The van der Waals surface area contributed by atoms with Crippen LogP contribution < -0.4 is 10.5 Å². The monoisotopic (exact) mass is 218 g/mol. The highest BCUT2D eigenvalue weighted by atomic mass is 32.2. The van der Waals surface area contributed by atoms with Crippen molar-refractivity contribution in [3.05, 3.63) is 0 Å². The van der Waals surface area contributed by atoms with Crippen molar-refractivity contribution in [3.8, 4) is 0 Å². The molecule has 82 valence electrons. The summed E-state index contributed by atoms with van der Waals surface area (Å²) in [6.07, 6.45) is 3.66. The number of sulfonamides is 1. The highest BCUT2D eigenvalue weighted by molar-refractivity contribution is 7.89. The Hall–Kier alpha value is -0.130. The Morgan fingerprint density at radius 3 is 2.64 bits per heavy atom. The molecule has 4 nitrogen and oxygen atoms in total. The van der Waals surface area contributed by atoms with Gasteiger partial charge in [0.25, 0.3) is 0 Å². The molecule has 0 aromatic carbocycles. The fourth-order valence-electron chi connectivity index (χ4n) is 2.78. The minimum Gasteiger partial charge on any atom is -0.316 e. The minimum absolute atomic E-state index is 0.276. The molecule has 0 amide bonds. The van der Waals surface area contributed by atoms with E-state index in [4.69, 9.17) is 5.14 Å². The van der Waals surface area contributed by atoms with Gasteiger partial charge in [0.2, 0.25) is 10.0 Å². The number of piperidine rings is 1. The number of hydrogen-bond donors (Lipinski definition) is 2. The van der Waals surface area contributed by atoms with E-state index in [9.17, 15) is 8.42 Å². The van der Waals surface area contributed by atoms with E-state index in [-0.39, 0.29) is 5.25 Å². The normalized spacial score (nSPS) is 39.1. The molecule has 0 aromatic heterocycles. The van der Waals surface area contributed by atoms with Crippen molar-refractivity contribution >= 4 is 10.0 Å². The lowest BCUT2D eigenvalue weighted by atomic mass is 9.75. The number of primary sulfonamides is 1. The molecule has 14 heavy (non-hydrogen) atoms. The lowest BCUT2D eigenvalue weighted by Crippen LogP contribution is -2.44. The molecule has 1 aliphatic carbocycles. The molecule has 1 aliphatic heterocycles. The molecule has 0 aromatic rings. The third kappa shape index (κ3) is 2.10. The van der Waals surface area contributed by atoms with Gasteiger partial charge in [0, 0.05) is 0 Å². The van der Waals surface area contributed by atoms with Gasteiger partial charge >= 0.3 is 0 Å². The summed E-state index contributed by atoms with van der Waals surface area (Å²) in [5.74, 6) is 1.26. The average Bonchev–Trinajstić information content (AvgIpc) is 2.16. The summed E-state index contributed by atoms with van der Waals surface area (Å²) < 4.78 is 22.4. The van der Waals surface area contributed by atoms with Crippen molar-refractivity contribution in [2.45, 2.75) is 30.9 Å². The van der Waals surface area contributed by atoms with E-state index in [0.29, 0.717) is 11.8 Å². The molecule has 2 aliphatic rings. The maximum Gasteiger partial charge on any atom is 0.211 e. The predicted molar refractivity (Wildman–Crippen MR) is 55.2 cm³/mol.